The Morgan fingerprint density at radius 3 is 2.71 bits per heavy atom. The Morgan fingerprint density at radius 1 is 1.13 bits per heavy atom. The first kappa shape index (κ1) is 20.4. The van der Waals surface area contributed by atoms with Crippen LogP contribution in [0.1, 0.15) is 23.7 Å². The maximum atomic E-state index is 13.4. The molecule has 0 bridgehead atoms. The number of halogens is 1. The first-order chi connectivity index (χ1) is 15.0. The summed E-state index contributed by atoms with van der Waals surface area (Å²) in [5.41, 5.74) is 6.22. The number of para-hydroxylation sites is 1. The molecule has 1 aromatic heterocycles. The van der Waals surface area contributed by atoms with Gasteiger partial charge in [0.2, 0.25) is 0 Å². The summed E-state index contributed by atoms with van der Waals surface area (Å²) in [5, 5.41) is 2.03. The highest BCUT2D eigenvalue weighted by atomic mass is 35.5. The van der Waals surface area contributed by atoms with Crippen LogP contribution in [0.25, 0.3) is 10.9 Å². The van der Waals surface area contributed by atoms with Crippen molar-refractivity contribution in [3.05, 3.63) is 64.3 Å². The van der Waals surface area contributed by atoms with E-state index in [1.165, 1.54) is 38.3 Å². The number of hydrogen-bond donors (Lipinski definition) is 2. The van der Waals surface area contributed by atoms with Crippen LogP contribution in [0, 0.1) is 6.92 Å². The number of carbonyl (C=O) groups excluding carboxylic acids is 1. The number of hydrogen-bond acceptors (Lipinski definition) is 2. The molecule has 1 atom stereocenters. The van der Waals surface area contributed by atoms with Crippen molar-refractivity contribution in [2.24, 2.45) is 0 Å². The molecule has 3 aromatic rings. The van der Waals surface area contributed by atoms with E-state index >= 15 is 0 Å². The average Bonchev–Trinajstić information content (AvgIpc) is 3.18. The van der Waals surface area contributed by atoms with Gasteiger partial charge in [-0.25, -0.2) is 0 Å². The zero-order valence-electron chi connectivity index (χ0n) is 18.2. The van der Waals surface area contributed by atoms with Crippen molar-refractivity contribution in [2.45, 2.75) is 32.9 Å². The quantitative estimate of drug-likeness (QED) is 0.661. The summed E-state index contributed by atoms with van der Waals surface area (Å²) >= 11 is 6.22. The van der Waals surface area contributed by atoms with E-state index < -0.39 is 0 Å². The maximum absolute atomic E-state index is 13.4. The van der Waals surface area contributed by atoms with Crippen LogP contribution < -0.4 is 9.80 Å². The van der Waals surface area contributed by atoms with Crippen LogP contribution in [0.15, 0.2) is 42.5 Å². The number of carbonyl (C=O) groups is 1. The normalized spacial score (nSPS) is 18.3. The van der Waals surface area contributed by atoms with Gasteiger partial charge in [0.05, 0.1) is 26.2 Å². The fourth-order valence-corrected chi connectivity index (χ4v) is 5.36. The largest absolute Gasteiger partial charge is 0.360 e. The van der Waals surface area contributed by atoms with Gasteiger partial charge in [0.25, 0.3) is 5.91 Å². The molecule has 31 heavy (non-hydrogen) atoms. The molecule has 5 rings (SSSR count). The molecule has 1 saturated heterocycles. The third-order valence-corrected chi connectivity index (χ3v) is 7.33. The molecule has 0 saturated carbocycles. The van der Waals surface area contributed by atoms with Crippen molar-refractivity contribution < 1.29 is 9.69 Å². The second-order valence-electron chi connectivity index (χ2n) is 8.94. The molecule has 0 aliphatic carbocycles. The molecule has 6 heteroatoms. The number of aromatic amines is 1. The first-order valence-electron chi connectivity index (χ1n) is 11.2. The summed E-state index contributed by atoms with van der Waals surface area (Å²) < 4.78 is 0. The number of aromatic nitrogens is 1. The van der Waals surface area contributed by atoms with Gasteiger partial charge in [0.15, 0.2) is 6.04 Å². The van der Waals surface area contributed by atoms with Gasteiger partial charge in [-0.05, 0) is 37.6 Å². The minimum Gasteiger partial charge on any atom is -0.360 e. The van der Waals surface area contributed by atoms with Gasteiger partial charge < -0.3 is 19.7 Å². The monoisotopic (exact) mass is 437 g/mol. The lowest BCUT2D eigenvalue weighted by atomic mass is 10.0. The Labute approximate surface area is 188 Å². The van der Waals surface area contributed by atoms with Gasteiger partial charge in [0, 0.05) is 52.4 Å². The molecule has 0 spiro atoms. The van der Waals surface area contributed by atoms with Crippen LogP contribution in [0.4, 0.5) is 5.69 Å². The number of H-pyrrole nitrogens is 1. The van der Waals surface area contributed by atoms with Crippen LogP contribution in [-0.4, -0.2) is 54.6 Å². The number of fused-ring (bicyclic) bond motifs is 3. The number of aryl methyl sites for hydroxylation is 1. The summed E-state index contributed by atoms with van der Waals surface area (Å²) in [6, 6.07) is 14.5. The molecule has 0 radical (unpaired) electrons. The molecule has 2 aliphatic heterocycles. The maximum Gasteiger partial charge on any atom is 0.280 e. The summed E-state index contributed by atoms with van der Waals surface area (Å²) in [5.74, 6) is 0.276. The van der Waals surface area contributed by atoms with Gasteiger partial charge in [-0.1, -0.05) is 35.9 Å². The Balaban J connectivity index is 1.24. The van der Waals surface area contributed by atoms with E-state index in [1.54, 1.807) is 0 Å². The fourth-order valence-electron chi connectivity index (χ4n) is 5.19. The number of rotatable bonds is 3. The van der Waals surface area contributed by atoms with Crippen molar-refractivity contribution in [3.63, 3.8) is 0 Å². The molecule has 5 nitrogen and oxygen atoms in total. The molecule has 3 heterocycles. The Bertz CT molecular complexity index is 1120. The Morgan fingerprint density at radius 2 is 1.90 bits per heavy atom. The zero-order valence-corrected chi connectivity index (χ0v) is 19.0. The van der Waals surface area contributed by atoms with E-state index in [-0.39, 0.29) is 11.9 Å². The summed E-state index contributed by atoms with van der Waals surface area (Å²) in [7, 11) is 0. The number of piperazine rings is 1. The molecular formula is C25H30ClN4O+. The molecule has 2 N–H and O–H groups in total. The predicted octanol–water partition coefficient (Wildman–Crippen LogP) is 2.81. The van der Waals surface area contributed by atoms with Gasteiger partial charge in [-0.2, -0.15) is 0 Å². The van der Waals surface area contributed by atoms with Crippen molar-refractivity contribution in [1.29, 1.82) is 0 Å². The van der Waals surface area contributed by atoms with Crippen LogP contribution >= 0.6 is 11.6 Å². The SMILES string of the molecule is Cc1ccc(Cl)cc1N1CC[NH+]([C@H](C)C(=O)N2CCc3[nH]c4ccccc4c3C2)CC1. The third kappa shape index (κ3) is 3.81. The van der Waals surface area contributed by atoms with E-state index in [2.05, 4.69) is 65.0 Å². The molecule has 2 aliphatic rings. The molecule has 1 fully saturated rings. The van der Waals surface area contributed by atoms with Crippen molar-refractivity contribution in [3.8, 4) is 0 Å². The topological polar surface area (TPSA) is 43.8 Å². The van der Waals surface area contributed by atoms with E-state index in [4.69, 9.17) is 11.6 Å². The van der Waals surface area contributed by atoms with Crippen LogP contribution in [0.2, 0.25) is 5.02 Å². The minimum absolute atomic E-state index is 0.0191. The average molecular weight is 438 g/mol. The Kier molecular flexibility index (Phi) is 5.40. The smallest absolute Gasteiger partial charge is 0.280 e. The van der Waals surface area contributed by atoms with Crippen LogP contribution in [0.5, 0.6) is 0 Å². The summed E-state index contributed by atoms with van der Waals surface area (Å²) in [6.45, 7) is 9.56. The van der Waals surface area contributed by atoms with Gasteiger partial charge in [-0.15, -0.1) is 0 Å². The molecule has 0 unspecified atom stereocenters. The standard InChI is InChI=1S/C25H29ClN4O/c1-17-7-8-19(26)15-24(17)29-13-11-28(12-14-29)18(2)25(31)30-10-9-23-21(16-30)20-5-3-4-6-22(20)27-23/h3-8,15,18,27H,9-14,16H2,1-2H3/p+1/t18-/m1/s1. The predicted molar refractivity (Wildman–Crippen MR) is 126 cm³/mol. The Hall–Kier alpha value is -2.50. The molecule has 2 aromatic carbocycles. The number of anilines is 1. The lowest BCUT2D eigenvalue weighted by Gasteiger charge is -2.38. The molecular weight excluding hydrogens is 408 g/mol. The highest BCUT2D eigenvalue weighted by molar-refractivity contribution is 6.30. The van der Waals surface area contributed by atoms with Gasteiger partial charge in [-0.3, -0.25) is 4.79 Å². The number of nitrogens with zero attached hydrogens (tertiary/aromatic N) is 2. The molecule has 1 amide bonds. The highest BCUT2D eigenvalue weighted by Gasteiger charge is 2.34. The number of quaternary nitrogens is 1. The van der Waals surface area contributed by atoms with Crippen LogP contribution in [-0.2, 0) is 17.8 Å². The lowest BCUT2D eigenvalue weighted by Crippen LogP contribution is -3.19. The lowest BCUT2D eigenvalue weighted by molar-refractivity contribution is -0.915. The minimum atomic E-state index is -0.0191. The number of benzene rings is 2. The summed E-state index contributed by atoms with van der Waals surface area (Å²) in [4.78, 5) is 22.8. The third-order valence-electron chi connectivity index (χ3n) is 7.09. The number of nitrogens with one attached hydrogen (secondary N) is 2. The van der Waals surface area contributed by atoms with Crippen molar-refractivity contribution in [2.75, 3.05) is 37.6 Å². The van der Waals surface area contributed by atoms with E-state index in [1.807, 2.05) is 6.07 Å². The molecule has 162 valence electrons. The van der Waals surface area contributed by atoms with Gasteiger partial charge in [0.1, 0.15) is 0 Å². The van der Waals surface area contributed by atoms with Crippen molar-refractivity contribution in [1.82, 2.24) is 9.88 Å². The highest BCUT2D eigenvalue weighted by Crippen LogP contribution is 2.28. The van der Waals surface area contributed by atoms with Gasteiger partial charge >= 0.3 is 0 Å². The first-order valence-corrected chi connectivity index (χ1v) is 11.6. The zero-order chi connectivity index (χ0) is 21.5. The van der Waals surface area contributed by atoms with E-state index in [0.29, 0.717) is 6.54 Å². The van der Waals surface area contributed by atoms with E-state index in [0.717, 1.165) is 44.2 Å². The fraction of sp³-hybridized carbons (Fsp3) is 0.400. The van der Waals surface area contributed by atoms with Crippen molar-refractivity contribution >= 4 is 34.1 Å². The number of amides is 1. The second-order valence-corrected chi connectivity index (χ2v) is 9.37. The van der Waals surface area contributed by atoms with Crippen LogP contribution in [0.3, 0.4) is 0 Å². The van der Waals surface area contributed by atoms with E-state index in [9.17, 15) is 4.79 Å². The summed E-state index contributed by atoms with van der Waals surface area (Å²) in [6.07, 6.45) is 0.902. The second kappa shape index (κ2) is 8.21.